The van der Waals surface area contributed by atoms with Crippen molar-refractivity contribution < 1.29 is 18.7 Å². The Morgan fingerprint density at radius 1 is 1.33 bits per heavy atom. The second kappa shape index (κ2) is 7.90. The maximum atomic E-state index is 11.2. The van der Waals surface area contributed by atoms with Crippen LogP contribution in [0.25, 0.3) is 0 Å². The van der Waals surface area contributed by atoms with Crippen LogP contribution in [0, 0.1) is 0 Å². The summed E-state index contributed by atoms with van der Waals surface area (Å²) in [6.07, 6.45) is 0. The molecule has 0 radical (unpaired) electrons. The molecule has 21 heavy (non-hydrogen) atoms. The fraction of sp³-hybridized carbons (Fsp3) is 0.308. The molecule has 0 aliphatic heterocycles. The zero-order chi connectivity index (χ0) is 15.1. The normalized spacial score (nSPS) is 10.4. The molecular weight excluding hydrogens is 316 g/mol. The van der Waals surface area contributed by atoms with Crippen LogP contribution in [-0.4, -0.2) is 28.5 Å². The van der Waals surface area contributed by atoms with E-state index in [2.05, 4.69) is 10.2 Å². The van der Waals surface area contributed by atoms with Gasteiger partial charge in [0.15, 0.2) is 6.61 Å². The Morgan fingerprint density at radius 2 is 2.10 bits per heavy atom. The zero-order valence-electron chi connectivity index (χ0n) is 11.2. The Labute approximate surface area is 130 Å². The van der Waals surface area contributed by atoms with Crippen molar-refractivity contribution in [3.05, 3.63) is 35.2 Å². The van der Waals surface area contributed by atoms with E-state index >= 15 is 0 Å². The minimum absolute atomic E-state index is 0.132. The lowest BCUT2D eigenvalue weighted by Crippen LogP contribution is -2.06. The second-order valence-electron chi connectivity index (χ2n) is 3.80. The number of benzene rings is 1. The van der Waals surface area contributed by atoms with Crippen molar-refractivity contribution in [3.63, 3.8) is 0 Å². The smallest absolute Gasteiger partial charge is 0.316 e. The highest BCUT2D eigenvalue weighted by Gasteiger charge is 2.10. The average Bonchev–Trinajstić information content (AvgIpc) is 2.93. The van der Waals surface area contributed by atoms with Gasteiger partial charge in [0.05, 0.1) is 6.61 Å². The summed E-state index contributed by atoms with van der Waals surface area (Å²) in [6.45, 7) is 2.25. The van der Waals surface area contributed by atoms with E-state index in [9.17, 15) is 4.79 Å². The van der Waals surface area contributed by atoms with Crippen molar-refractivity contribution in [2.75, 3.05) is 12.4 Å². The van der Waals surface area contributed by atoms with Crippen LogP contribution >= 0.6 is 23.4 Å². The first-order valence-corrected chi connectivity index (χ1v) is 7.53. The van der Waals surface area contributed by atoms with Gasteiger partial charge in [-0.15, -0.1) is 10.2 Å². The van der Waals surface area contributed by atoms with Crippen molar-refractivity contribution in [1.29, 1.82) is 0 Å². The van der Waals surface area contributed by atoms with Gasteiger partial charge in [0.1, 0.15) is 11.5 Å². The maximum absolute atomic E-state index is 11.2. The molecule has 1 aromatic heterocycles. The number of hydrogen-bond acceptors (Lipinski definition) is 7. The fourth-order valence-corrected chi connectivity index (χ4v) is 2.06. The van der Waals surface area contributed by atoms with Gasteiger partial charge in [0.25, 0.3) is 11.1 Å². The molecule has 0 aliphatic rings. The number of aromatic nitrogens is 2. The molecule has 1 aromatic carbocycles. The van der Waals surface area contributed by atoms with E-state index in [-0.39, 0.29) is 18.3 Å². The van der Waals surface area contributed by atoms with E-state index in [4.69, 9.17) is 25.5 Å². The Hall–Kier alpha value is -1.73. The first-order chi connectivity index (χ1) is 10.2. The van der Waals surface area contributed by atoms with Gasteiger partial charge >= 0.3 is 5.97 Å². The molecule has 2 rings (SSSR count). The van der Waals surface area contributed by atoms with Gasteiger partial charge in [-0.25, -0.2) is 0 Å². The minimum Gasteiger partial charge on any atom is -0.484 e. The van der Waals surface area contributed by atoms with E-state index in [1.165, 1.54) is 0 Å². The van der Waals surface area contributed by atoms with Gasteiger partial charge in [0, 0.05) is 5.02 Å². The first-order valence-electron chi connectivity index (χ1n) is 6.16. The van der Waals surface area contributed by atoms with Crippen molar-refractivity contribution in [2.45, 2.75) is 18.8 Å². The Morgan fingerprint density at radius 3 is 2.81 bits per heavy atom. The molecule has 0 saturated heterocycles. The number of carbonyl (C=O) groups excluding carboxylic acids is 1. The molecule has 0 amide bonds. The topological polar surface area (TPSA) is 74.5 Å². The van der Waals surface area contributed by atoms with Gasteiger partial charge in [-0.1, -0.05) is 23.4 Å². The number of halogens is 1. The molecule has 0 saturated carbocycles. The molecule has 0 N–H and O–H groups in total. The molecule has 0 unspecified atom stereocenters. The number of carbonyl (C=O) groups is 1. The number of hydrogen-bond donors (Lipinski definition) is 0. The molecular formula is C13H13ClN2O4S. The molecule has 2 aromatic rings. The lowest BCUT2D eigenvalue weighted by Gasteiger charge is -2.02. The number of rotatable bonds is 7. The quantitative estimate of drug-likeness (QED) is 0.571. The summed E-state index contributed by atoms with van der Waals surface area (Å²) in [6, 6.07) is 6.95. The second-order valence-corrected chi connectivity index (χ2v) is 5.16. The summed E-state index contributed by atoms with van der Waals surface area (Å²) in [5, 5.41) is 8.58. The molecule has 1 heterocycles. The average molecular weight is 329 g/mol. The predicted octanol–water partition coefficient (Wildman–Crippen LogP) is 2.96. The molecule has 6 nitrogen and oxygen atoms in total. The van der Waals surface area contributed by atoms with Crippen molar-refractivity contribution in [3.8, 4) is 5.75 Å². The Bertz CT molecular complexity index is 588. The van der Waals surface area contributed by atoms with Gasteiger partial charge in [-0.2, -0.15) is 0 Å². The molecule has 0 spiro atoms. The highest BCUT2D eigenvalue weighted by molar-refractivity contribution is 7.99. The van der Waals surface area contributed by atoms with E-state index in [0.717, 1.165) is 11.8 Å². The molecule has 112 valence electrons. The lowest BCUT2D eigenvalue weighted by molar-refractivity contribution is -0.139. The molecule has 0 bridgehead atoms. The molecule has 0 atom stereocenters. The van der Waals surface area contributed by atoms with Gasteiger partial charge in [-0.3, -0.25) is 4.79 Å². The van der Waals surface area contributed by atoms with Crippen LogP contribution in [0.3, 0.4) is 0 Å². The monoisotopic (exact) mass is 328 g/mol. The summed E-state index contributed by atoms with van der Waals surface area (Å²) in [7, 11) is 0. The third-order valence-corrected chi connectivity index (χ3v) is 3.29. The highest BCUT2D eigenvalue weighted by atomic mass is 35.5. The zero-order valence-corrected chi connectivity index (χ0v) is 12.8. The molecule has 0 aliphatic carbocycles. The third-order valence-electron chi connectivity index (χ3n) is 2.24. The summed E-state index contributed by atoms with van der Waals surface area (Å²) in [5.74, 6) is 0.794. The predicted molar refractivity (Wildman–Crippen MR) is 77.4 cm³/mol. The fourth-order valence-electron chi connectivity index (χ4n) is 1.35. The van der Waals surface area contributed by atoms with E-state index in [0.29, 0.717) is 28.5 Å². The van der Waals surface area contributed by atoms with E-state index in [1.807, 2.05) is 0 Å². The number of ether oxygens (including phenoxy) is 2. The molecule has 8 heteroatoms. The van der Waals surface area contributed by atoms with E-state index < -0.39 is 0 Å². The Balaban J connectivity index is 1.80. The van der Waals surface area contributed by atoms with Gasteiger partial charge < -0.3 is 13.9 Å². The largest absolute Gasteiger partial charge is 0.484 e. The van der Waals surface area contributed by atoms with Crippen LogP contribution < -0.4 is 4.74 Å². The highest BCUT2D eigenvalue weighted by Crippen LogP contribution is 2.19. The summed E-state index contributed by atoms with van der Waals surface area (Å²) in [4.78, 5) is 11.2. The van der Waals surface area contributed by atoms with Crippen LogP contribution in [0.4, 0.5) is 0 Å². The van der Waals surface area contributed by atoms with Crippen molar-refractivity contribution in [1.82, 2.24) is 10.2 Å². The molecule has 0 fully saturated rings. The van der Waals surface area contributed by atoms with Crippen molar-refractivity contribution in [2.24, 2.45) is 0 Å². The maximum Gasteiger partial charge on any atom is 0.316 e. The number of thioether (sulfide) groups is 1. The number of esters is 1. The third kappa shape index (κ3) is 5.28. The van der Waals surface area contributed by atoms with E-state index in [1.54, 1.807) is 31.2 Å². The minimum atomic E-state index is -0.320. The summed E-state index contributed by atoms with van der Waals surface area (Å²) in [5.41, 5.74) is 0. The van der Waals surface area contributed by atoms with Gasteiger partial charge in [-0.05, 0) is 31.2 Å². The summed E-state index contributed by atoms with van der Waals surface area (Å²) >= 11 is 6.90. The van der Waals surface area contributed by atoms with Crippen LogP contribution in [0.5, 0.6) is 5.75 Å². The van der Waals surface area contributed by atoms with Crippen LogP contribution in [0.1, 0.15) is 12.8 Å². The number of nitrogens with zero attached hydrogens (tertiary/aromatic N) is 2. The first kappa shape index (κ1) is 15.7. The summed E-state index contributed by atoms with van der Waals surface area (Å²) < 4.78 is 15.6. The SMILES string of the molecule is CCOC(=O)CSc1nnc(COc2ccc(Cl)cc2)o1. The van der Waals surface area contributed by atoms with Crippen LogP contribution in [0.15, 0.2) is 33.9 Å². The lowest BCUT2D eigenvalue weighted by atomic mass is 10.3. The van der Waals surface area contributed by atoms with Crippen LogP contribution in [-0.2, 0) is 16.1 Å². The standard InChI is InChI=1S/C13H13ClN2O4S/c1-2-18-12(17)8-21-13-16-15-11(20-13)7-19-10-5-3-9(14)4-6-10/h3-6H,2,7-8H2,1H3. The van der Waals surface area contributed by atoms with Gasteiger partial charge in [0.2, 0.25) is 0 Å². The van der Waals surface area contributed by atoms with Crippen molar-refractivity contribution >= 4 is 29.3 Å². The Kier molecular flexibility index (Phi) is 5.89. The van der Waals surface area contributed by atoms with Crippen LogP contribution in [0.2, 0.25) is 5.02 Å².